The van der Waals surface area contributed by atoms with Crippen molar-refractivity contribution in [3.8, 4) is 11.5 Å². The number of thioether (sulfide) groups is 1. The van der Waals surface area contributed by atoms with Crippen LogP contribution in [0.3, 0.4) is 0 Å². The van der Waals surface area contributed by atoms with Crippen LogP contribution < -0.4 is 20.1 Å². The standard InChI is InChI=1S/C27H23BrFN3O4S/c1-3-35-22-13-17(14-23-26(34)32-27(37-23)31-20-10-6-18(29)7-11-20)12-21(28)25(22)36-15-24(33)30-19-8-4-16(2)5-9-19/h4-14H,3,15H2,1-2H3,(H,30,33)(H,31,32,34)/b23-14+. The number of benzene rings is 3. The summed E-state index contributed by atoms with van der Waals surface area (Å²) in [5, 5.41) is 5.90. The van der Waals surface area contributed by atoms with E-state index in [0.717, 1.165) is 5.56 Å². The average molecular weight is 584 g/mol. The van der Waals surface area contributed by atoms with Crippen molar-refractivity contribution in [2.75, 3.05) is 18.5 Å². The highest BCUT2D eigenvalue weighted by Crippen LogP contribution is 2.38. The maximum Gasteiger partial charge on any atom is 0.264 e. The van der Waals surface area contributed by atoms with Crippen LogP contribution in [0.4, 0.5) is 15.8 Å². The number of hydrogen-bond donors (Lipinski definition) is 2. The third kappa shape index (κ3) is 7.21. The van der Waals surface area contributed by atoms with Gasteiger partial charge in [-0.25, -0.2) is 9.38 Å². The van der Waals surface area contributed by atoms with E-state index in [-0.39, 0.29) is 24.2 Å². The number of aliphatic imine (C=N–C) groups is 1. The first-order valence-electron chi connectivity index (χ1n) is 11.3. The van der Waals surface area contributed by atoms with Gasteiger partial charge in [-0.05, 0) is 102 Å². The molecule has 0 saturated carbocycles. The molecule has 0 bridgehead atoms. The summed E-state index contributed by atoms with van der Waals surface area (Å²) in [6.07, 6.45) is 1.70. The molecule has 3 aromatic carbocycles. The summed E-state index contributed by atoms with van der Waals surface area (Å²) in [6, 6.07) is 16.6. The average Bonchev–Trinajstić information content (AvgIpc) is 3.20. The van der Waals surface area contributed by atoms with Crippen molar-refractivity contribution in [3.05, 3.63) is 87.0 Å². The van der Waals surface area contributed by atoms with E-state index in [1.54, 1.807) is 18.2 Å². The predicted molar refractivity (Wildman–Crippen MR) is 148 cm³/mol. The van der Waals surface area contributed by atoms with Gasteiger partial charge in [-0.1, -0.05) is 17.7 Å². The van der Waals surface area contributed by atoms with E-state index in [0.29, 0.717) is 49.6 Å². The second-order valence-corrected chi connectivity index (χ2v) is 9.81. The Bertz CT molecular complexity index is 1380. The lowest BCUT2D eigenvalue weighted by atomic mass is 10.2. The molecule has 0 unspecified atom stereocenters. The number of aryl methyl sites for hydroxylation is 1. The van der Waals surface area contributed by atoms with Crippen LogP contribution in [0.2, 0.25) is 0 Å². The Kier molecular flexibility index (Phi) is 8.62. The van der Waals surface area contributed by atoms with Crippen molar-refractivity contribution in [1.82, 2.24) is 5.32 Å². The van der Waals surface area contributed by atoms with Crippen molar-refractivity contribution in [1.29, 1.82) is 0 Å². The Morgan fingerprint density at radius 1 is 1.14 bits per heavy atom. The summed E-state index contributed by atoms with van der Waals surface area (Å²) >= 11 is 4.67. The molecule has 7 nitrogen and oxygen atoms in total. The van der Waals surface area contributed by atoms with Crippen LogP contribution in [-0.4, -0.2) is 30.2 Å². The number of halogens is 2. The van der Waals surface area contributed by atoms with Crippen LogP contribution in [0.25, 0.3) is 6.08 Å². The zero-order chi connectivity index (χ0) is 26.4. The van der Waals surface area contributed by atoms with Crippen LogP contribution in [0, 0.1) is 12.7 Å². The fraction of sp³-hybridized carbons (Fsp3) is 0.148. The van der Waals surface area contributed by atoms with Gasteiger partial charge in [0.1, 0.15) is 5.82 Å². The summed E-state index contributed by atoms with van der Waals surface area (Å²) in [5.74, 6) is -0.160. The molecule has 4 rings (SSSR count). The van der Waals surface area contributed by atoms with E-state index in [9.17, 15) is 14.0 Å². The molecule has 3 aromatic rings. The van der Waals surface area contributed by atoms with Gasteiger partial charge in [-0.3, -0.25) is 9.59 Å². The number of anilines is 1. The Labute approximate surface area is 226 Å². The molecule has 0 spiro atoms. The van der Waals surface area contributed by atoms with Crippen molar-refractivity contribution in [2.24, 2.45) is 4.99 Å². The lowest BCUT2D eigenvalue weighted by Gasteiger charge is -2.15. The molecule has 1 saturated heterocycles. The van der Waals surface area contributed by atoms with E-state index in [2.05, 4.69) is 31.6 Å². The number of hydrogen-bond acceptors (Lipinski definition) is 6. The van der Waals surface area contributed by atoms with Gasteiger partial charge in [0.25, 0.3) is 11.8 Å². The zero-order valence-electron chi connectivity index (χ0n) is 20.0. The highest BCUT2D eigenvalue weighted by atomic mass is 79.9. The van der Waals surface area contributed by atoms with E-state index in [1.807, 2.05) is 38.1 Å². The van der Waals surface area contributed by atoms with Gasteiger partial charge < -0.3 is 20.1 Å². The molecule has 1 aliphatic heterocycles. The van der Waals surface area contributed by atoms with Gasteiger partial charge >= 0.3 is 0 Å². The predicted octanol–water partition coefficient (Wildman–Crippen LogP) is 6.20. The first-order valence-corrected chi connectivity index (χ1v) is 12.9. The largest absolute Gasteiger partial charge is 0.490 e. The summed E-state index contributed by atoms with van der Waals surface area (Å²) in [6.45, 7) is 3.97. The maximum absolute atomic E-state index is 13.1. The van der Waals surface area contributed by atoms with Crippen molar-refractivity contribution >= 4 is 62.1 Å². The second-order valence-electron chi connectivity index (χ2n) is 7.92. The van der Waals surface area contributed by atoms with E-state index in [4.69, 9.17) is 9.47 Å². The highest BCUT2D eigenvalue weighted by Gasteiger charge is 2.24. The van der Waals surface area contributed by atoms with Crippen LogP contribution in [0.1, 0.15) is 18.1 Å². The van der Waals surface area contributed by atoms with Gasteiger partial charge in [0.15, 0.2) is 23.3 Å². The number of carbonyl (C=O) groups excluding carboxylic acids is 2. The summed E-state index contributed by atoms with van der Waals surface area (Å²) in [7, 11) is 0. The minimum atomic E-state index is -0.359. The fourth-order valence-electron chi connectivity index (χ4n) is 3.31. The molecule has 10 heteroatoms. The molecule has 2 amide bonds. The summed E-state index contributed by atoms with van der Waals surface area (Å²) in [4.78, 5) is 29.6. The molecule has 1 aliphatic rings. The minimum absolute atomic E-state index is 0.214. The first kappa shape index (κ1) is 26.4. The number of amides is 2. The first-order chi connectivity index (χ1) is 17.8. The number of carbonyl (C=O) groups is 2. The molecule has 1 heterocycles. The van der Waals surface area contributed by atoms with Gasteiger partial charge in [0.05, 0.1) is 21.7 Å². The van der Waals surface area contributed by atoms with Gasteiger partial charge in [-0.15, -0.1) is 0 Å². The van der Waals surface area contributed by atoms with Crippen LogP contribution in [0.15, 0.2) is 75.0 Å². The summed E-state index contributed by atoms with van der Waals surface area (Å²) in [5.41, 5.74) is 2.99. The smallest absolute Gasteiger partial charge is 0.264 e. The molecular weight excluding hydrogens is 561 g/mol. The number of ether oxygens (including phenoxy) is 2. The van der Waals surface area contributed by atoms with Crippen LogP contribution in [-0.2, 0) is 9.59 Å². The SMILES string of the molecule is CCOc1cc(/C=C2/SC(=Nc3ccc(F)cc3)NC2=O)cc(Br)c1OCC(=O)Nc1ccc(C)cc1. The van der Waals surface area contributed by atoms with Crippen LogP contribution in [0.5, 0.6) is 11.5 Å². The normalized spacial score (nSPS) is 15.1. The molecule has 2 N–H and O–H groups in total. The maximum atomic E-state index is 13.1. The van der Waals surface area contributed by atoms with Crippen molar-refractivity contribution in [2.45, 2.75) is 13.8 Å². The van der Waals surface area contributed by atoms with E-state index < -0.39 is 0 Å². The Balaban J connectivity index is 1.48. The molecule has 0 radical (unpaired) electrons. The van der Waals surface area contributed by atoms with Crippen LogP contribution >= 0.6 is 27.7 Å². The zero-order valence-corrected chi connectivity index (χ0v) is 22.4. The van der Waals surface area contributed by atoms with Gasteiger partial charge in [-0.2, -0.15) is 0 Å². The molecule has 37 heavy (non-hydrogen) atoms. The molecular formula is C27H23BrFN3O4S. The quantitative estimate of drug-likeness (QED) is 0.308. The molecule has 0 atom stereocenters. The molecule has 1 fully saturated rings. The minimum Gasteiger partial charge on any atom is -0.490 e. The fourth-order valence-corrected chi connectivity index (χ4v) is 4.73. The topological polar surface area (TPSA) is 89.0 Å². The van der Waals surface area contributed by atoms with E-state index >= 15 is 0 Å². The van der Waals surface area contributed by atoms with Crippen molar-refractivity contribution in [3.63, 3.8) is 0 Å². The molecule has 0 aliphatic carbocycles. The monoisotopic (exact) mass is 583 g/mol. The number of nitrogens with zero attached hydrogens (tertiary/aromatic N) is 1. The van der Waals surface area contributed by atoms with Gasteiger partial charge in [0.2, 0.25) is 0 Å². The highest BCUT2D eigenvalue weighted by molar-refractivity contribution is 9.10. The third-order valence-corrected chi connectivity index (χ3v) is 6.52. The molecule has 0 aromatic heterocycles. The Morgan fingerprint density at radius 3 is 2.57 bits per heavy atom. The van der Waals surface area contributed by atoms with E-state index in [1.165, 1.54) is 36.0 Å². The number of amidine groups is 1. The lowest BCUT2D eigenvalue weighted by molar-refractivity contribution is -0.118. The lowest BCUT2D eigenvalue weighted by Crippen LogP contribution is -2.20. The number of rotatable bonds is 8. The molecule has 190 valence electrons. The van der Waals surface area contributed by atoms with Crippen molar-refractivity contribution < 1.29 is 23.5 Å². The Hall–Kier alpha value is -3.63. The number of nitrogens with one attached hydrogen (secondary N) is 2. The Morgan fingerprint density at radius 2 is 1.86 bits per heavy atom. The summed E-state index contributed by atoms with van der Waals surface area (Å²) < 4.78 is 25.2. The second kappa shape index (κ2) is 12.1. The van der Waals surface area contributed by atoms with Gasteiger partial charge in [0, 0.05) is 5.69 Å². The third-order valence-electron chi connectivity index (χ3n) is 5.02.